The number of piperidine rings is 1. The van der Waals surface area contributed by atoms with Gasteiger partial charge in [0.15, 0.2) is 11.6 Å². The first-order valence-electron chi connectivity index (χ1n) is 10.6. The maximum Gasteiger partial charge on any atom is 0.325 e. The molecule has 8 heteroatoms. The van der Waals surface area contributed by atoms with Crippen LogP contribution in [-0.2, 0) is 11.3 Å². The standard InChI is InChI=1S/C24H26FN3O4/c1-15-5-6-16(2)18(11-15)13-28-22(30)24(26-23(28)31)9-4-10-27(14-24)21(29)17-7-8-20(32-3)19(25)12-17/h5-8,11-12H,4,9-10,13-14H2,1-3H3,(H,26,31)/t24-/m0/s1. The molecule has 4 rings (SSSR count). The number of amides is 4. The van der Waals surface area contributed by atoms with E-state index in [1.165, 1.54) is 29.0 Å². The van der Waals surface area contributed by atoms with E-state index < -0.39 is 17.4 Å². The molecule has 1 N–H and O–H groups in total. The number of carbonyl (C=O) groups is 3. The number of aryl methyl sites for hydroxylation is 2. The number of methoxy groups -OCH3 is 1. The molecule has 1 atom stereocenters. The number of urea groups is 1. The van der Waals surface area contributed by atoms with Crippen molar-refractivity contribution in [3.63, 3.8) is 0 Å². The van der Waals surface area contributed by atoms with Crippen molar-refractivity contribution in [2.75, 3.05) is 20.2 Å². The van der Waals surface area contributed by atoms with Crippen molar-refractivity contribution in [2.45, 2.75) is 38.8 Å². The summed E-state index contributed by atoms with van der Waals surface area (Å²) in [7, 11) is 1.35. The summed E-state index contributed by atoms with van der Waals surface area (Å²) in [4.78, 5) is 41.9. The Morgan fingerprint density at radius 3 is 2.69 bits per heavy atom. The molecule has 2 fully saturated rings. The molecule has 32 heavy (non-hydrogen) atoms. The number of carbonyl (C=O) groups excluding carboxylic acids is 3. The summed E-state index contributed by atoms with van der Waals surface area (Å²) in [5.41, 5.74) is 1.97. The van der Waals surface area contributed by atoms with Crippen LogP contribution >= 0.6 is 0 Å². The summed E-state index contributed by atoms with van der Waals surface area (Å²) < 4.78 is 19.0. The predicted molar refractivity (Wildman–Crippen MR) is 116 cm³/mol. The van der Waals surface area contributed by atoms with E-state index in [1.807, 2.05) is 32.0 Å². The molecule has 2 heterocycles. The maximum absolute atomic E-state index is 14.1. The van der Waals surface area contributed by atoms with E-state index >= 15 is 0 Å². The third-order valence-corrected chi connectivity index (χ3v) is 6.26. The molecule has 0 radical (unpaired) electrons. The van der Waals surface area contributed by atoms with Crippen LogP contribution in [0.4, 0.5) is 9.18 Å². The van der Waals surface area contributed by atoms with E-state index in [-0.39, 0.29) is 36.2 Å². The van der Waals surface area contributed by atoms with Crippen LogP contribution in [0, 0.1) is 19.7 Å². The fourth-order valence-corrected chi connectivity index (χ4v) is 4.45. The van der Waals surface area contributed by atoms with E-state index in [1.54, 1.807) is 0 Å². The number of nitrogens with zero attached hydrogens (tertiary/aromatic N) is 2. The lowest BCUT2D eigenvalue weighted by Crippen LogP contribution is -2.59. The Hall–Kier alpha value is -3.42. The third kappa shape index (κ3) is 3.81. The summed E-state index contributed by atoms with van der Waals surface area (Å²) in [6.07, 6.45) is 0.995. The Morgan fingerprint density at radius 1 is 1.19 bits per heavy atom. The molecule has 0 bridgehead atoms. The summed E-state index contributed by atoms with van der Waals surface area (Å²) in [5.74, 6) is -1.30. The number of ether oxygens (including phenoxy) is 1. The molecule has 2 aliphatic heterocycles. The van der Waals surface area contributed by atoms with Gasteiger partial charge in [0, 0.05) is 12.1 Å². The van der Waals surface area contributed by atoms with Crippen molar-refractivity contribution in [1.82, 2.24) is 15.1 Å². The molecule has 2 aliphatic rings. The van der Waals surface area contributed by atoms with Gasteiger partial charge >= 0.3 is 6.03 Å². The molecule has 2 saturated heterocycles. The first-order chi connectivity index (χ1) is 15.2. The normalized spacial score (nSPS) is 20.6. The molecular weight excluding hydrogens is 413 g/mol. The van der Waals surface area contributed by atoms with Crippen LogP contribution in [-0.4, -0.2) is 53.4 Å². The quantitative estimate of drug-likeness (QED) is 0.743. The summed E-state index contributed by atoms with van der Waals surface area (Å²) >= 11 is 0. The van der Waals surface area contributed by atoms with Crippen LogP contribution < -0.4 is 10.1 Å². The van der Waals surface area contributed by atoms with E-state index in [2.05, 4.69) is 5.32 Å². The first kappa shape index (κ1) is 21.8. The Balaban J connectivity index is 1.54. The van der Waals surface area contributed by atoms with Crippen LogP contribution in [0.3, 0.4) is 0 Å². The Kier molecular flexibility index (Phi) is 5.62. The Bertz CT molecular complexity index is 1100. The van der Waals surface area contributed by atoms with Crippen molar-refractivity contribution >= 4 is 17.8 Å². The highest BCUT2D eigenvalue weighted by Crippen LogP contribution is 2.31. The zero-order valence-corrected chi connectivity index (χ0v) is 18.4. The molecule has 0 unspecified atom stereocenters. The zero-order chi connectivity index (χ0) is 23.0. The minimum Gasteiger partial charge on any atom is -0.494 e. The van der Waals surface area contributed by atoms with Gasteiger partial charge in [0.2, 0.25) is 0 Å². The lowest BCUT2D eigenvalue weighted by Gasteiger charge is -2.38. The zero-order valence-electron chi connectivity index (χ0n) is 18.4. The largest absolute Gasteiger partial charge is 0.494 e. The van der Waals surface area contributed by atoms with E-state index in [9.17, 15) is 18.8 Å². The van der Waals surface area contributed by atoms with Gasteiger partial charge < -0.3 is 15.0 Å². The van der Waals surface area contributed by atoms with Gasteiger partial charge in [0.05, 0.1) is 20.2 Å². The van der Waals surface area contributed by atoms with Gasteiger partial charge in [-0.25, -0.2) is 9.18 Å². The first-order valence-corrected chi connectivity index (χ1v) is 10.6. The van der Waals surface area contributed by atoms with Gasteiger partial charge in [0.25, 0.3) is 11.8 Å². The van der Waals surface area contributed by atoms with Crippen molar-refractivity contribution in [3.05, 3.63) is 64.5 Å². The molecule has 2 aromatic carbocycles. The minimum atomic E-state index is -1.16. The second-order valence-electron chi connectivity index (χ2n) is 8.51. The molecule has 1 spiro atoms. The van der Waals surface area contributed by atoms with Crippen LogP contribution in [0.15, 0.2) is 36.4 Å². The summed E-state index contributed by atoms with van der Waals surface area (Å²) in [6, 6.07) is 9.48. The highest BCUT2D eigenvalue weighted by Gasteiger charge is 2.53. The Morgan fingerprint density at radius 2 is 1.97 bits per heavy atom. The fraction of sp³-hybridized carbons (Fsp3) is 0.375. The molecule has 4 amide bonds. The Labute approximate surface area is 186 Å². The maximum atomic E-state index is 14.1. The van der Waals surface area contributed by atoms with Gasteiger partial charge in [-0.3, -0.25) is 14.5 Å². The van der Waals surface area contributed by atoms with E-state index in [0.717, 1.165) is 22.8 Å². The van der Waals surface area contributed by atoms with Gasteiger partial charge in [-0.2, -0.15) is 0 Å². The van der Waals surface area contributed by atoms with Crippen LogP contribution in [0.2, 0.25) is 0 Å². The number of benzene rings is 2. The molecular formula is C24H26FN3O4. The van der Waals surface area contributed by atoms with Gasteiger partial charge in [-0.1, -0.05) is 23.8 Å². The third-order valence-electron chi connectivity index (χ3n) is 6.26. The average Bonchev–Trinajstić information content (AvgIpc) is 2.99. The molecule has 0 aliphatic carbocycles. The summed E-state index contributed by atoms with van der Waals surface area (Å²) in [5, 5.41) is 2.84. The second kappa shape index (κ2) is 8.26. The number of likely N-dealkylation sites (tertiary alicyclic amines) is 1. The van der Waals surface area contributed by atoms with Crippen molar-refractivity contribution in [2.24, 2.45) is 0 Å². The van der Waals surface area contributed by atoms with Crippen molar-refractivity contribution < 1.29 is 23.5 Å². The number of hydrogen-bond acceptors (Lipinski definition) is 4. The molecule has 2 aromatic rings. The van der Waals surface area contributed by atoms with E-state index in [4.69, 9.17) is 4.74 Å². The fourth-order valence-electron chi connectivity index (χ4n) is 4.45. The second-order valence-corrected chi connectivity index (χ2v) is 8.51. The monoisotopic (exact) mass is 439 g/mol. The lowest BCUT2D eigenvalue weighted by molar-refractivity contribution is -0.133. The topological polar surface area (TPSA) is 79.0 Å². The van der Waals surface area contributed by atoms with Crippen LogP contribution in [0.1, 0.15) is 39.9 Å². The van der Waals surface area contributed by atoms with Gasteiger partial charge in [0.1, 0.15) is 5.54 Å². The molecule has 7 nitrogen and oxygen atoms in total. The number of imide groups is 1. The van der Waals surface area contributed by atoms with Crippen molar-refractivity contribution in [3.8, 4) is 5.75 Å². The van der Waals surface area contributed by atoms with Gasteiger partial charge in [-0.15, -0.1) is 0 Å². The van der Waals surface area contributed by atoms with Crippen LogP contribution in [0.25, 0.3) is 0 Å². The van der Waals surface area contributed by atoms with Gasteiger partial charge in [-0.05, 0) is 56.0 Å². The highest BCUT2D eigenvalue weighted by molar-refractivity contribution is 6.07. The number of nitrogens with one attached hydrogen (secondary N) is 1. The number of halogens is 1. The number of rotatable bonds is 4. The molecule has 0 aromatic heterocycles. The van der Waals surface area contributed by atoms with E-state index in [0.29, 0.717) is 19.4 Å². The summed E-state index contributed by atoms with van der Waals surface area (Å²) in [6.45, 7) is 4.56. The highest BCUT2D eigenvalue weighted by atomic mass is 19.1. The molecule has 0 saturated carbocycles. The SMILES string of the molecule is COc1ccc(C(=O)N2CCC[C@@]3(C2)NC(=O)N(Cc2cc(C)ccc2C)C3=O)cc1F. The van der Waals surface area contributed by atoms with Crippen molar-refractivity contribution in [1.29, 1.82) is 0 Å². The van der Waals surface area contributed by atoms with Crippen LogP contribution in [0.5, 0.6) is 5.75 Å². The minimum absolute atomic E-state index is 0.0490. The predicted octanol–water partition coefficient (Wildman–Crippen LogP) is 3.18. The lowest BCUT2D eigenvalue weighted by atomic mass is 9.88. The average molecular weight is 439 g/mol. The number of hydrogen-bond donors (Lipinski definition) is 1. The molecule has 168 valence electrons. The smallest absolute Gasteiger partial charge is 0.325 e.